The zero-order chi connectivity index (χ0) is 6.62. The fourth-order valence-corrected chi connectivity index (χ4v) is 0.364. The van der Waals surface area contributed by atoms with Gasteiger partial charge in [0.2, 0.25) is 0 Å². The van der Waals surface area contributed by atoms with Crippen LogP contribution in [-0.4, -0.2) is 19.5 Å². The Morgan fingerprint density at radius 3 is 2.25 bits per heavy atom. The van der Waals surface area contributed by atoms with Crippen molar-refractivity contribution < 1.29 is 9.47 Å². The molecular weight excluding hydrogens is 104 g/mol. The zero-order valence-electron chi connectivity index (χ0n) is 5.73. The Kier molecular flexibility index (Phi) is 3.02. The second kappa shape index (κ2) is 3.05. The molecule has 0 aliphatic heterocycles. The van der Waals surface area contributed by atoms with E-state index in [2.05, 4.69) is 6.92 Å². The zero-order valence-corrected chi connectivity index (χ0v) is 5.73. The van der Waals surface area contributed by atoms with Gasteiger partial charge >= 0.3 is 0 Å². The Bertz CT molecular complexity index is 59.5. The molecule has 0 aromatic rings. The Morgan fingerprint density at radius 1 is 1.62 bits per heavy atom. The molecule has 0 saturated heterocycles. The summed E-state index contributed by atoms with van der Waals surface area (Å²) in [5, 5.41) is 0. The van der Waals surface area contributed by atoms with E-state index in [0.717, 1.165) is 0 Å². The van der Waals surface area contributed by atoms with Crippen molar-refractivity contribution in [3.63, 3.8) is 0 Å². The molecule has 0 fully saturated rings. The summed E-state index contributed by atoms with van der Waals surface area (Å²) >= 11 is 0. The first kappa shape index (κ1) is 7.92. The van der Waals surface area contributed by atoms with Crippen LogP contribution in [0.5, 0.6) is 0 Å². The second-order valence-corrected chi connectivity index (χ2v) is 1.77. The molecule has 2 heteroatoms. The van der Waals surface area contributed by atoms with Gasteiger partial charge < -0.3 is 9.47 Å². The lowest BCUT2D eigenvalue weighted by Gasteiger charge is -2.21. The summed E-state index contributed by atoms with van der Waals surface area (Å²) in [5.74, 6) is -0.658. The normalized spacial score (nSPS) is 12.0. The molecule has 8 heavy (non-hydrogen) atoms. The molecule has 0 saturated carbocycles. The predicted molar refractivity (Wildman–Crippen MR) is 32.4 cm³/mol. The predicted octanol–water partition coefficient (Wildman–Crippen LogP) is 1.22. The second-order valence-electron chi connectivity index (χ2n) is 1.77. The summed E-state index contributed by atoms with van der Waals surface area (Å²) in [4.78, 5) is 0. The highest BCUT2D eigenvalue weighted by Crippen LogP contribution is 2.06. The molecule has 0 aliphatic carbocycles. The van der Waals surface area contributed by atoms with Gasteiger partial charge in [-0.3, -0.25) is 0 Å². The molecule has 0 bridgehead atoms. The lowest BCUT2D eigenvalue weighted by Crippen LogP contribution is -2.26. The van der Waals surface area contributed by atoms with Crippen molar-refractivity contribution in [3.05, 3.63) is 6.92 Å². The Hall–Kier alpha value is -0.0800. The van der Waals surface area contributed by atoms with Crippen molar-refractivity contribution in [2.24, 2.45) is 0 Å². The average Bonchev–Trinajstić information content (AvgIpc) is 1.67. The fourth-order valence-electron chi connectivity index (χ4n) is 0.364. The van der Waals surface area contributed by atoms with E-state index in [1.807, 2.05) is 6.92 Å². The smallest absolute Gasteiger partial charge is 0.165 e. The van der Waals surface area contributed by atoms with Crippen LogP contribution in [0.1, 0.15) is 13.8 Å². The van der Waals surface area contributed by atoms with Gasteiger partial charge in [-0.25, -0.2) is 0 Å². The first-order chi connectivity index (χ1) is 3.62. The molecule has 1 unspecified atom stereocenters. The van der Waals surface area contributed by atoms with E-state index < -0.39 is 5.79 Å². The van der Waals surface area contributed by atoms with Gasteiger partial charge in [-0.2, -0.15) is 0 Å². The van der Waals surface area contributed by atoms with E-state index in [-0.39, 0.29) is 0 Å². The molecular formula is C6H13O2. The van der Waals surface area contributed by atoms with Gasteiger partial charge in [0.1, 0.15) is 0 Å². The maximum atomic E-state index is 5.05. The fraction of sp³-hybridized carbons (Fsp3) is 0.833. The summed E-state index contributed by atoms with van der Waals surface area (Å²) in [6.07, 6.45) is 0. The Balaban J connectivity index is 3.37. The van der Waals surface area contributed by atoms with Gasteiger partial charge in [0.05, 0.1) is 0 Å². The molecule has 49 valence electrons. The highest BCUT2D eigenvalue weighted by molar-refractivity contribution is 4.62. The van der Waals surface area contributed by atoms with Crippen LogP contribution >= 0.6 is 0 Å². The Morgan fingerprint density at radius 2 is 2.12 bits per heavy atom. The van der Waals surface area contributed by atoms with Crippen molar-refractivity contribution in [2.75, 3.05) is 13.7 Å². The SMILES string of the molecule is [CH2]C(C)(OC)OCC. The maximum absolute atomic E-state index is 5.05. The van der Waals surface area contributed by atoms with Crippen LogP contribution in [0.4, 0.5) is 0 Å². The molecule has 0 aliphatic rings. The molecule has 0 N–H and O–H groups in total. The van der Waals surface area contributed by atoms with Crippen LogP contribution in [0.3, 0.4) is 0 Å². The van der Waals surface area contributed by atoms with Crippen LogP contribution in [0, 0.1) is 6.92 Å². The van der Waals surface area contributed by atoms with E-state index in [9.17, 15) is 0 Å². The molecule has 0 spiro atoms. The summed E-state index contributed by atoms with van der Waals surface area (Å²) in [5.41, 5.74) is 0. The van der Waals surface area contributed by atoms with Crippen LogP contribution in [-0.2, 0) is 9.47 Å². The van der Waals surface area contributed by atoms with Crippen molar-refractivity contribution in [1.29, 1.82) is 0 Å². The third-order valence-electron chi connectivity index (χ3n) is 0.881. The number of hydrogen-bond donors (Lipinski definition) is 0. The Labute approximate surface area is 50.8 Å². The number of ether oxygens (including phenoxy) is 2. The van der Waals surface area contributed by atoms with Gasteiger partial charge in [-0.05, 0) is 13.8 Å². The van der Waals surface area contributed by atoms with E-state index >= 15 is 0 Å². The minimum Gasteiger partial charge on any atom is -0.353 e. The molecule has 0 heterocycles. The van der Waals surface area contributed by atoms with E-state index in [1.54, 1.807) is 14.0 Å². The lowest BCUT2D eigenvalue weighted by atomic mass is 10.4. The third kappa shape index (κ3) is 2.99. The van der Waals surface area contributed by atoms with Crippen LogP contribution < -0.4 is 0 Å². The monoisotopic (exact) mass is 117 g/mol. The summed E-state index contributed by atoms with van der Waals surface area (Å²) in [6, 6.07) is 0. The summed E-state index contributed by atoms with van der Waals surface area (Å²) in [6.45, 7) is 7.95. The van der Waals surface area contributed by atoms with Crippen LogP contribution in [0.25, 0.3) is 0 Å². The third-order valence-corrected chi connectivity index (χ3v) is 0.881. The number of methoxy groups -OCH3 is 1. The minimum absolute atomic E-state index is 0.633. The molecule has 2 nitrogen and oxygen atoms in total. The first-order valence-electron chi connectivity index (χ1n) is 2.67. The van der Waals surface area contributed by atoms with Gasteiger partial charge in [0.25, 0.3) is 0 Å². The van der Waals surface area contributed by atoms with Gasteiger partial charge in [0, 0.05) is 20.6 Å². The van der Waals surface area contributed by atoms with E-state index in [0.29, 0.717) is 6.61 Å². The van der Waals surface area contributed by atoms with Crippen molar-refractivity contribution in [2.45, 2.75) is 19.6 Å². The highest BCUT2D eigenvalue weighted by atomic mass is 16.7. The van der Waals surface area contributed by atoms with Gasteiger partial charge in [-0.1, -0.05) is 0 Å². The summed E-state index contributed by atoms with van der Waals surface area (Å²) in [7, 11) is 1.57. The first-order valence-corrected chi connectivity index (χ1v) is 2.67. The van der Waals surface area contributed by atoms with E-state index in [4.69, 9.17) is 9.47 Å². The quantitative estimate of drug-likeness (QED) is 0.517. The minimum atomic E-state index is -0.658. The molecule has 0 rings (SSSR count). The number of hydrogen-bond acceptors (Lipinski definition) is 2. The molecule has 0 aromatic carbocycles. The molecule has 0 amide bonds. The maximum Gasteiger partial charge on any atom is 0.165 e. The largest absolute Gasteiger partial charge is 0.353 e. The van der Waals surface area contributed by atoms with Gasteiger partial charge in [-0.15, -0.1) is 0 Å². The standard InChI is InChI=1S/C6H13O2/c1-5-8-6(2,3)7-4/h2,5H2,1,3-4H3. The van der Waals surface area contributed by atoms with E-state index in [1.165, 1.54) is 0 Å². The molecule has 1 radical (unpaired) electrons. The van der Waals surface area contributed by atoms with Crippen molar-refractivity contribution in [3.8, 4) is 0 Å². The average molecular weight is 117 g/mol. The van der Waals surface area contributed by atoms with Gasteiger partial charge in [0.15, 0.2) is 5.79 Å². The number of rotatable bonds is 3. The van der Waals surface area contributed by atoms with Crippen molar-refractivity contribution >= 4 is 0 Å². The van der Waals surface area contributed by atoms with Crippen molar-refractivity contribution in [1.82, 2.24) is 0 Å². The molecule has 0 aromatic heterocycles. The summed E-state index contributed by atoms with van der Waals surface area (Å²) < 4.78 is 9.89. The van der Waals surface area contributed by atoms with Crippen LogP contribution in [0.2, 0.25) is 0 Å². The topological polar surface area (TPSA) is 18.5 Å². The lowest BCUT2D eigenvalue weighted by molar-refractivity contribution is -0.174. The molecule has 1 atom stereocenters. The van der Waals surface area contributed by atoms with Crippen LogP contribution in [0.15, 0.2) is 0 Å². The highest BCUT2D eigenvalue weighted by Gasteiger charge is 2.14.